The Kier molecular flexibility index (Phi) is 5.73. The number of oxime groups is 1. The van der Waals surface area contributed by atoms with E-state index in [1.54, 1.807) is 6.07 Å². The van der Waals surface area contributed by atoms with Crippen LogP contribution < -0.4 is 5.32 Å². The molecule has 1 aliphatic heterocycles. The van der Waals surface area contributed by atoms with Gasteiger partial charge in [-0.1, -0.05) is 53.7 Å². The largest absolute Gasteiger partial charge is 0.478 e. The van der Waals surface area contributed by atoms with Crippen LogP contribution in [0.1, 0.15) is 44.0 Å². The maximum absolute atomic E-state index is 13.2. The predicted molar refractivity (Wildman–Crippen MR) is 130 cm³/mol. The molecule has 3 aromatic carbocycles. The monoisotopic (exact) mass is 464 g/mol. The molecule has 5 rings (SSSR count). The molecule has 8 heteroatoms. The molecule has 0 radical (unpaired) electrons. The van der Waals surface area contributed by atoms with Gasteiger partial charge in [-0.05, 0) is 29.8 Å². The number of carbonyl (C=O) groups is 2. The van der Waals surface area contributed by atoms with E-state index in [0.29, 0.717) is 25.3 Å². The first-order valence-corrected chi connectivity index (χ1v) is 11.0. The number of carboxylic acids is 1. The van der Waals surface area contributed by atoms with Crippen LogP contribution >= 0.6 is 0 Å². The molecule has 0 saturated heterocycles. The summed E-state index contributed by atoms with van der Waals surface area (Å²) in [5.74, 6) is -1.65. The predicted octanol–water partition coefficient (Wildman–Crippen LogP) is 4.79. The number of nitrogens with zero attached hydrogens (tertiary/aromatic N) is 3. The van der Waals surface area contributed by atoms with Gasteiger partial charge in [0.2, 0.25) is 0 Å². The zero-order valence-corrected chi connectivity index (χ0v) is 18.6. The number of rotatable bonds is 6. The third-order valence-electron chi connectivity index (χ3n) is 5.91. The van der Waals surface area contributed by atoms with Gasteiger partial charge in [-0.15, -0.1) is 0 Å². The molecule has 8 nitrogen and oxygen atoms in total. The second-order valence-electron chi connectivity index (χ2n) is 8.10. The first-order valence-electron chi connectivity index (χ1n) is 11.0. The third kappa shape index (κ3) is 4.23. The minimum Gasteiger partial charge on any atom is -0.478 e. The number of carboxylic acid groups (broad SMARTS) is 1. The Hall–Kier alpha value is -4.90. The van der Waals surface area contributed by atoms with Crippen molar-refractivity contribution >= 4 is 34.2 Å². The summed E-state index contributed by atoms with van der Waals surface area (Å²) in [5.41, 5.74) is 4.22. The molecular weight excluding hydrogens is 444 g/mol. The molecule has 0 saturated carbocycles. The summed E-state index contributed by atoms with van der Waals surface area (Å²) in [6.07, 6.45) is 0.576. The Morgan fingerprint density at radius 2 is 1.91 bits per heavy atom. The summed E-state index contributed by atoms with van der Waals surface area (Å²) < 4.78 is 1.92. The van der Waals surface area contributed by atoms with E-state index in [4.69, 9.17) is 10.1 Å². The molecule has 0 spiro atoms. The average molecular weight is 464 g/mol. The van der Waals surface area contributed by atoms with E-state index in [-0.39, 0.29) is 16.8 Å². The molecule has 0 aliphatic carbocycles. The van der Waals surface area contributed by atoms with Gasteiger partial charge in [0.15, 0.2) is 0 Å². The first-order chi connectivity index (χ1) is 17.0. The normalized spacial score (nSPS) is 13.4. The Morgan fingerprint density at radius 1 is 1.09 bits per heavy atom. The zero-order chi connectivity index (χ0) is 24.4. The number of nitriles is 1. The summed E-state index contributed by atoms with van der Waals surface area (Å²) in [6, 6.07) is 23.4. The van der Waals surface area contributed by atoms with E-state index < -0.39 is 11.9 Å². The number of aromatic nitrogens is 1. The number of para-hydroxylation sites is 1. The maximum atomic E-state index is 13.2. The molecule has 0 atom stereocenters. The van der Waals surface area contributed by atoms with Crippen LogP contribution in [0.2, 0.25) is 0 Å². The van der Waals surface area contributed by atoms with Crippen molar-refractivity contribution in [2.75, 3.05) is 5.32 Å². The van der Waals surface area contributed by atoms with E-state index in [1.807, 2.05) is 59.2 Å². The van der Waals surface area contributed by atoms with Crippen molar-refractivity contribution in [1.29, 1.82) is 5.26 Å². The fourth-order valence-electron chi connectivity index (χ4n) is 4.27. The lowest BCUT2D eigenvalue weighted by Gasteiger charge is -2.19. The van der Waals surface area contributed by atoms with Crippen molar-refractivity contribution in [3.8, 4) is 6.07 Å². The van der Waals surface area contributed by atoms with Gasteiger partial charge in [-0.25, -0.2) is 4.79 Å². The lowest BCUT2D eigenvalue weighted by Crippen LogP contribution is -2.22. The highest BCUT2D eigenvalue weighted by atomic mass is 16.6. The van der Waals surface area contributed by atoms with E-state index in [1.165, 1.54) is 18.2 Å². The molecule has 0 unspecified atom stereocenters. The number of anilines is 1. The molecule has 0 bridgehead atoms. The van der Waals surface area contributed by atoms with E-state index in [9.17, 15) is 14.7 Å². The van der Waals surface area contributed by atoms with Crippen LogP contribution in [-0.2, 0) is 18.0 Å². The van der Waals surface area contributed by atoms with Gasteiger partial charge < -0.3 is 19.8 Å². The standard InChI is InChI=1S/C27H20N4O4/c28-15-18-9-10-22(21(13-18)27(33)34)29-26(32)24-14-19-7-4-8-20-23(11-12-31(24)25(19)20)30-35-16-17-5-2-1-3-6-17/h1-10,13-14H,11-12,16H2,(H,29,32)(H,33,34)/b30-23+. The SMILES string of the molecule is N#Cc1ccc(NC(=O)c2cc3cccc4c3n2CC/C4=N\OCc2ccccc2)c(C(=O)O)c1. The van der Waals surface area contributed by atoms with Crippen LogP contribution in [0.15, 0.2) is 78.0 Å². The molecule has 0 fully saturated rings. The molecule has 2 heterocycles. The Balaban J connectivity index is 1.44. The van der Waals surface area contributed by atoms with Gasteiger partial charge in [0, 0.05) is 23.9 Å². The molecule has 172 valence electrons. The van der Waals surface area contributed by atoms with Gasteiger partial charge in [0.25, 0.3) is 5.91 Å². The van der Waals surface area contributed by atoms with Gasteiger partial charge in [0.05, 0.1) is 34.1 Å². The second kappa shape index (κ2) is 9.15. The van der Waals surface area contributed by atoms with E-state index in [2.05, 4.69) is 10.5 Å². The number of carbonyl (C=O) groups excluding carboxylic acids is 1. The van der Waals surface area contributed by atoms with Crippen molar-refractivity contribution in [2.45, 2.75) is 19.6 Å². The van der Waals surface area contributed by atoms with Gasteiger partial charge in [-0.3, -0.25) is 4.79 Å². The van der Waals surface area contributed by atoms with Crippen molar-refractivity contribution in [2.24, 2.45) is 5.16 Å². The zero-order valence-electron chi connectivity index (χ0n) is 18.6. The molecule has 1 aliphatic rings. The topological polar surface area (TPSA) is 117 Å². The highest BCUT2D eigenvalue weighted by Crippen LogP contribution is 2.30. The number of hydrogen-bond donors (Lipinski definition) is 2. The first kappa shape index (κ1) is 21.9. The highest BCUT2D eigenvalue weighted by Gasteiger charge is 2.25. The van der Waals surface area contributed by atoms with Crippen LogP contribution in [0.5, 0.6) is 0 Å². The Bertz CT molecular complexity index is 1530. The van der Waals surface area contributed by atoms with Crippen LogP contribution in [0.4, 0.5) is 5.69 Å². The van der Waals surface area contributed by atoms with Crippen molar-refractivity contribution < 1.29 is 19.5 Å². The summed E-state index contributed by atoms with van der Waals surface area (Å²) in [5, 5.41) is 26.5. The summed E-state index contributed by atoms with van der Waals surface area (Å²) in [4.78, 5) is 30.5. The van der Waals surface area contributed by atoms with Crippen LogP contribution in [0.25, 0.3) is 10.9 Å². The average Bonchev–Trinajstić information content (AvgIpc) is 3.26. The maximum Gasteiger partial charge on any atom is 0.337 e. The summed E-state index contributed by atoms with van der Waals surface area (Å²) >= 11 is 0. The van der Waals surface area contributed by atoms with Crippen molar-refractivity contribution in [3.05, 3.63) is 101 Å². The smallest absolute Gasteiger partial charge is 0.337 e. The Morgan fingerprint density at radius 3 is 2.69 bits per heavy atom. The molecule has 2 N–H and O–H groups in total. The fourth-order valence-corrected chi connectivity index (χ4v) is 4.27. The van der Waals surface area contributed by atoms with Crippen LogP contribution in [0.3, 0.4) is 0 Å². The van der Waals surface area contributed by atoms with Crippen molar-refractivity contribution in [3.63, 3.8) is 0 Å². The molecule has 1 amide bonds. The minimum atomic E-state index is -1.22. The molecule has 4 aromatic rings. The summed E-state index contributed by atoms with van der Waals surface area (Å²) in [6.45, 7) is 0.890. The number of nitrogens with one attached hydrogen (secondary N) is 1. The Labute approximate surface area is 200 Å². The van der Waals surface area contributed by atoms with Gasteiger partial charge in [0.1, 0.15) is 12.3 Å². The van der Waals surface area contributed by atoms with Crippen LogP contribution in [-0.4, -0.2) is 27.3 Å². The number of benzene rings is 3. The molecule has 35 heavy (non-hydrogen) atoms. The minimum absolute atomic E-state index is 0.132. The van der Waals surface area contributed by atoms with E-state index in [0.717, 1.165) is 27.7 Å². The number of amides is 1. The highest BCUT2D eigenvalue weighted by molar-refractivity contribution is 6.15. The molecular formula is C27H20N4O4. The molecule has 1 aromatic heterocycles. The number of aromatic carboxylic acids is 1. The summed E-state index contributed by atoms with van der Waals surface area (Å²) in [7, 11) is 0. The quantitative estimate of drug-likeness (QED) is 0.398. The van der Waals surface area contributed by atoms with Crippen molar-refractivity contribution in [1.82, 2.24) is 4.57 Å². The third-order valence-corrected chi connectivity index (χ3v) is 5.91. The van der Waals surface area contributed by atoms with Gasteiger partial charge in [-0.2, -0.15) is 5.26 Å². The fraction of sp³-hybridized carbons (Fsp3) is 0.111. The van der Waals surface area contributed by atoms with Gasteiger partial charge >= 0.3 is 5.97 Å². The number of aryl methyl sites for hydroxylation is 1. The van der Waals surface area contributed by atoms with E-state index >= 15 is 0 Å². The lowest BCUT2D eigenvalue weighted by atomic mass is 10.0. The number of hydrogen-bond acceptors (Lipinski definition) is 5. The van der Waals surface area contributed by atoms with Crippen LogP contribution in [0, 0.1) is 11.3 Å². The lowest BCUT2D eigenvalue weighted by molar-refractivity contribution is 0.0698. The second-order valence-corrected chi connectivity index (χ2v) is 8.10.